The maximum atomic E-state index is 12.7. The van der Waals surface area contributed by atoms with Crippen LogP contribution in [0.3, 0.4) is 0 Å². The monoisotopic (exact) mass is 427 g/mol. The molecule has 3 aromatic rings. The summed E-state index contributed by atoms with van der Waals surface area (Å²) in [7, 11) is -3.50. The van der Waals surface area contributed by atoms with Crippen molar-refractivity contribution in [1.29, 1.82) is 0 Å². The highest BCUT2D eigenvalue weighted by Crippen LogP contribution is 2.30. The van der Waals surface area contributed by atoms with Crippen LogP contribution in [0.5, 0.6) is 0 Å². The number of hydrogen-bond acceptors (Lipinski definition) is 5. The summed E-state index contributed by atoms with van der Waals surface area (Å²) in [5, 5.41) is 2.39. The number of aromatic nitrogens is 1. The van der Waals surface area contributed by atoms with Crippen molar-refractivity contribution in [1.82, 2.24) is 9.29 Å². The fourth-order valence-electron chi connectivity index (χ4n) is 3.03. The van der Waals surface area contributed by atoms with Gasteiger partial charge < -0.3 is 4.90 Å². The molecule has 0 unspecified atom stereocenters. The summed E-state index contributed by atoms with van der Waals surface area (Å²) in [4.78, 5) is 6.54. The first-order valence-corrected chi connectivity index (χ1v) is 11.0. The molecule has 0 amide bonds. The Hall–Kier alpha value is -1.38. The van der Waals surface area contributed by atoms with Crippen LogP contribution in [0.1, 0.15) is 0 Å². The third kappa shape index (κ3) is 3.30. The molecule has 2 aromatic heterocycles. The molecule has 5 nitrogen and oxygen atoms in total. The molecule has 1 aliphatic rings. The second-order valence-corrected chi connectivity index (χ2v) is 10.2. The number of hydrogen-bond donors (Lipinski definition) is 0. The number of benzene rings is 1. The van der Waals surface area contributed by atoms with Crippen LogP contribution < -0.4 is 4.90 Å². The maximum absolute atomic E-state index is 12.7. The summed E-state index contributed by atoms with van der Waals surface area (Å²) in [6.07, 6.45) is 0. The lowest BCUT2D eigenvalue weighted by Gasteiger charge is -2.34. The van der Waals surface area contributed by atoms with E-state index in [9.17, 15) is 8.42 Å². The van der Waals surface area contributed by atoms with E-state index < -0.39 is 10.0 Å². The lowest BCUT2D eigenvalue weighted by molar-refractivity contribution is 0.385. The van der Waals surface area contributed by atoms with E-state index in [0.717, 1.165) is 27.9 Å². The zero-order chi connectivity index (χ0) is 18.3. The minimum atomic E-state index is -3.50. The van der Waals surface area contributed by atoms with Crippen LogP contribution in [0.15, 0.2) is 46.7 Å². The van der Waals surface area contributed by atoms with Gasteiger partial charge in [0.15, 0.2) is 0 Å². The van der Waals surface area contributed by atoms with Gasteiger partial charge in [0.1, 0.15) is 15.2 Å². The summed E-state index contributed by atoms with van der Waals surface area (Å²) >= 11 is 13.3. The zero-order valence-electron chi connectivity index (χ0n) is 13.6. The number of fused-ring (bicyclic) bond motifs is 1. The Morgan fingerprint density at radius 2 is 1.73 bits per heavy atom. The number of halogens is 2. The van der Waals surface area contributed by atoms with Gasteiger partial charge in [0.05, 0.1) is 4.34 Å². The van der Waals surface area contributed by atoms with Crippen molar-refractivity contribution in [2.75, 3.05) is 31.1 Å². The largest absolute Gasteiger partial charge is 0.354 e. The van der Waals surface area contributed by atoms with Crippen molar-refractivity contribution in [3.05, 3.63) is 52.0 Å². The van der Waals surface area contributed by atoms with Gasteiger partial charge in [-0.1, -0.05) is 47.5 Å². The van der Waals surface area contributed by atoms with Crippen molar-refractivity contribution in [3.63, 3.8) is 0 Å². The van der Waals surface area contributed by atoms with E-state index in [1.807, 2.05) is 30.3 Å². The predicted molar refractivity (Wildman–Crippen MR) is 107 cm³/mol. The van der Waals surface area contributed by atoms with Crippen molar-refractivity contribution in [2.45, 2.75) is 4.21 Å². The molecular weight excluding hydrogens is 413 g/mol. The van der Waals surface area contributed by atoms with Crippen molar-refractivity contribution in [3.8, 4) is 0 Å². The van der Waals surface area contributed by atoms with Crippen LogP contribution in [0.4, 0.5) is 5.82 Å². The van der Waals surface area contributed by atoms with Crippen molar-refractivity contribution < 1.29 is 8.42 Å². The number of pyridine rings is 1. The van der Waals surface area contributed by atoms with Gasteiger partial charge in [-0.3, -0.25) is 0 Å². The minimum Gasteiger partial charge on any atom is -0.354 e. The fraction of sp³-hybridized carbons (Fsp3) is 0.235. The first-order valence-electron chi connectivity index (χ1n) is 8.01. The Morgan fingerprint density at radius 3 is 2.42 bits per heavy atom. The maximum Gasteiger partial charge on any atom is 0.252 e. The molecule has 0 bridgehead atoms. The van der Waals surface area contributed by atoms with Gasteiger partial charge in [-0.25, -0.2) is 13.4 Å². The van der Waals surface area contributed by atoms with Gasteiger partial charge >= 0.3 is 0 Å². The molecule has 1 fully saturated rings. The molecule has 3 heterocycles. The van der Waals surface area contributed by atoms with Gasteiger partial charge in [0.25, 0.3) is 10.0 Å². The third-order valence-electron chi connectivity index (χ3n) is 4.39. The first kappa shape index (κ1) is 18.0. The van der Waals surface area contributed by atoms with Gasteiger partial charge in [-0.05, 0) is 23.6 Å². The molecule has 0 radical (unpaired) electrons. The Labute approximate surface area is 165 Å². The van der Waals surface area contributed by atoms with E-state index in [1.165, 1.54) is 4.31 Å². The third-order valence-corrected chi connectivity index (χ3v) is 8.27. The number of anilines is 1. The average molecular weight is 428 g/mol. The van der Waals surface area contributed by atoms with Crippen LogP contribution in [0.2, 0.25) is 9.49 Å². The normalized spacial score (nSPS) is 16.3. The summed E-state index contributed by atoms with van der Waals surface area (Å²) < 4.78 is 27.6. The number of piperazine rings is 1. The molecule has 0 saturated carbocycles. The number of sulfonamides is 1. The van der Waals surface area contributed by atoms with Crippen LogP contribution in [-0.4, -0.2) is 43.9 Å². The van der Waals surface area contributed by atoms with E-state index in [0.29, 0.717) is 35.7 Å². The van der Waals surface area contributed by atoms with Crippen LogP contribution in [0, 0.1) is 0 Å². The lowest BCUT2D eigenvalue weighted by Crippen LogP contribution is -2.48. The van der Waals surface area contributed by atoms with E-state index in [4.69, 9.17) is 23.2 Å². The highest BCUT2D eigenvalue weighted by molar-refractivity contribution is 7.91. The van der Waals surface area contributed by atoms with Crippen molar-refractivity contribution in [2.24, 2.45) is 0 Å². The number of rotatable bonds is 3. The van der Waals surface area contributed by atoms with Gasteiger partial charge in [-0.2, -0.15) is 4.31 Å². The van der Waals surface area contributed by atoms with E-state index in [1.54, 1.807) is 12.1 Å². The SMILES string of the molecule is O=S(=O)(c1ccc(Cl)s1)N1CCN(c2cc3ccccc3c(Cl)n2)CC1. The minimum absolute atomic E-state index is 0.280. The molecular formula is C17H15Cl2N3O2S2. The molecule has 26 heavy (non-hydrogen) atoms. The average Bonchev–Trinajstić information content (AvgIpc) is 3.09. The molecule has 136 valence electrons. The Morgan fingerprint density at radius 1 is 1.00 bits per heavy atom. The Balaban J connectivity index is 1.54. The smallest absolute Gasteiger partial charge is 0.252 e. The van der Waals surface area contributed by atoms with E-state index >= 15 is 0 Å². The lowest BCUT2D eigenvalue weighted by atomic mass is 10.2. The van der Waals surface area contributed by atoms with Crippen LogP contribution in [0.25, 0.3) is 10.8 Å². The van der Waals surface area contributed by atoms with Crippen LogP contribution in [-0.2, 0) is 10.0 Å². The summed E-state index contributed by atoms with van der Waals surface area (Å²) in [5.74, 6) is 0.768. The second kappa shape index (κ2) is 6.98. The van der Waals surface area contributed by atoms with Gasteiger partial charge in [-0.15, -0.1) is 11.3 Å². The summed E-state index contributed by atoms with van der Waals surface area (Å²) in [6.45, 7) is 1.90. The second-order valence-electron chi connectivity index (χ2n) is 5.94. The molecule has 0 aliphatic carbocycles. The van der Waals surface area contributed by atoms with E-state index in [2.05, 4.69) is 9.88 Å². The highest BCUT2D eigenvalue weighted by Gasteiger charge is 2.30. The molecule has 4 rings (SSSR count). The Bertz CT molecular complexity index is 1060. The van der Waals surface area contributed by atoms with E-state index in [-0.39, 0.29) is 4.21 Å². The first-order chi connectivity index (χ1) is 12.4. The predicted octanol–water partition coefficient (Wildman–Crippen LogP) is 4.11. The molecule has 0 N–H and O–H groups in total. The Kier molecular flexibility index (Phi) is 4.83. The molecule has 1 saturated heterocycles. The number of thiophene rings is 1. The zero-order valence-corrected chi connectivity index (χ0v) is 16.7. The quantitative estimate of drug-likeness (QED) is 0.589. The molecule has 0 atom stereocenters. The molecule has 1 aromatic carbocycles. The highest BCUT2D eigenvalue weighted by atomic mass is 35.5. The summed E-state index contributed by atoms with van der Waals surface area (Å²) in [6, 6.07) is 13.0. The molecule has 1 aliphatic heterocycles. The van der Waals surface area contributed by atoms with Crippen LogP contribution >= 0.6 is 34.5 Å². The number of nitrogens with zero attached hydrogens (tertiary/aromatic N) is 3. The molecule has 0 spiro atoms. The van der Waals surface area contributed by atoms with Gasteiger partial charge in [0, 0.05) is 31.6 Å². The molecule has 9 heteroatoms. The topological polar surface area (TPSA) is 53.5 Å². The fourth-order valence-corrected chi connectivity index (χ4v) is 6.34. The van der Waals surface area contributed by atoms with Gasteiger partial charge in [0.2, 0.25) is 0 Å². The standard InChI is InChI=1S/C17H15Cl2N3O2S2/c18-14-5-6-16(25-14)26(23,24)22-9-7-21(8-10-22)15-11-12-3-1-2-4-13(12)17(19)20-15/h1-6,11H,7-10H2. The summed E-state index contributed by atoms with van der Waals surface area (Å²) in [5.41, 5.74) is 0. The van der Waals surface area contributed by atoms with Crippen molar-refractivity contribution >= 4 is 61.2 Å².